The van der Waals surface area contributed by atoms with Crippen molar-refractivity contribution in [2.45, 2.75) is 31.7 Å². The Labute approximate surface area is 118 Å². The van der Waals surface area contributed by atoms with Crippen LogP contribution in [0, 0.1) is 5.92 Å². The lowest BCUT2D eigenvalue weighted by Crippen LogP contribution is -2.47. The molecular weight excluding hydrogens is 236 g/mol. The zero-order valence-electron chi connectivity index (χ0n) is 12.9. The van der Waals surface area contributed by atoms with E-state index in [9.17, 15) is 0 Å². The van der Waals surface area contributed by atoms with Gasteiger partial charge in [-0.1, -0.05) is 0 Å². The fourth-order valence-corrected chi connectivity index (χ4v) is 3.53. The molecule has 0 radical (unpaired) electrons. The summed E-state index contributed by atoms with van der Waals surface area (Å²) in [7, 11) is 4.33. The molecule has 0 aromatic carbocycles. The average molecular weight is 268 g/mol. The van der Waals surface area contributed by atoms with Crippen LogP contribution in [0.2, 0.25) is 0 Å². The Kier molecular flexibility index (Phi) is 6.07. The predicted molar refractivity (Wildman–Crippen MR) is 81.4 cm³/mol. The van der Waals surface area contributed by atoms with Gasteiger partial charge in [-0.15, -0.1) is 0 Å². The van der Waals surface area contributed by atoms with Gasteiger partial charge in [0.05, 0.1) is 0 Å². The highest BCUT2D eigenvalue weighted by molar-refractivity contribution is 4.86. The van der Waals surface area contributed by atoms with Crippen molar-refractivity contribution in [3.63, 3.8) is 0 Å². The van der Waals surface area contributed by atoms with E-state index in [1.54, 1.807) is 0 Å². The highest BCUT2D eigenvalue weighted by Gasteiger charge is 2.30. The van der Waals surface area contributed by atoms with E-state index in [0.717, 1.165) is 18.5 Å². The number of nitrogens with two attached hydrogens (primary N) is 1. The van der Waals surface area contributed by atoms with E-state index in [4.69, 9.17) is 5.73 Å². The van der Waals surface area contributed by atoms with Crippen molar-refractivity contribution < 1.29 is 0 Å². The molecule has 112 valence electrons. The summed E-state index contributed by atoms with van der Waals surface area (Å²) in [6.45, 7) is 8.45. The minimum Gasteiger partial charge on any atom is -0.330 e. The zero-order chi connectivity index (χ0) is 13.7. The Morgan fingerprint density at radius 3 is 2.68 bits per heavy atom. The third kappa shape index (κ3) is 4.71. The third-order valence-electron chi connectivity index (χ3n) is 4.73. The molecule has 2 aliphatic rings. The van der Waals surface area contributed by atoms with E-state index >= 15 is 0 Å². The van der Waals surface area contributed by atoms with E-state index < -0.39 is 0 Å². The van der Waals surface area contributed by atoms with E-state index in [-0.39, 0.29) is 0 Å². The first-order chi connectivity index (χ1) is 9.19. The van der Waals surface area contributed by atoms with Gasteiger partial charge >= 0.3 is 0 Å². The van der Waals surface area contributed by atoms with Crippen molar-refractivity contribution in [3.8, 4) is 0 Å². The summed E-state index contributed by atoms with van der Waals surface area (Å²) in [5.41, 5.74) is 5.81. The molecule has 2 saturated heterocycles. The van der Waals surface area contributed by atoms with Crippen LogP contribution in [-0.2, 0) is 0 Å². The molecule has 19 heavy (non-hydrogen) atoms. The van der Waals surface area contributed by atoms with E-state index in [0.29, 0.717) is 0 Å². The molecule has 2 unspecified atom stereocenters. The topological polar surface area (TPSA) is 35.7 Å². The Hall–Kier alpha value is -0.160. The second kappa shape index (κ2) is 7.58. The fourth-order valence-electron chi connectivity index (χ4n) is 3.53. The smallest absolute Gasteiger partial charge is 0.0223 e. The lowest BCUT2D eigenvalue weighted by molar-refractivity contribution is 0.110. The van der Waals surface area contributed by atoms with Gasteiger partial charge in [0.25, 0.3) is 0 Å². The van der Waals surface area contributed by atoms with Gasteiger partial charge in [-0.05, 0) is 78.4 Å². The van der Waals surface area contributed by atoms with Gasteiger partial charge in [-0.3, -0.25) is 4.90 Å². The maximum absolute atomic E-state index is 5.81. The van der Waals surface area contributed by atoms with E-state index in [2.05, 4.69) is 28.8 Å². The SMILES string of the molecule is CN(C)CCCN1CCCC(N2CCC(CN)C2)C1. The van der Waals surface area contributed by atoms with Crippen LogP contribution in [0.4, 0.5) is 0 Å². The summed E-state index contributed by atoms with van der Waals surface area (Å²) >= 11 is 0. The third-order valence-corrected chi connectivity index (χ3v) is 4.73. The quantitative estimate of drug-likeness (QED) is 0.769. The molecule has 0 aliphatic carbocycles. The number of rotatable bonds is 6. The lowest BCUT2D eigenvalue weighted by atomic mass is 10.0. The first kappa shape index (κ1) is 15.2. The Morgan fingerprint density at radius 2 is 2.00 bits per heavy atom. The molecule has 2 fully saturated rings. The molecule has 2 aliphatic heterocycles. The van der Waals surface area contributed by atoms with Crippen LogP contribution in [0.15, 0.2) is 0 Å². The van der Waals surface area contributed by atoms with Crippen LogP contribution in [0.1, 0.15) is 25.7 Å². The molecule has 0 aromatic heterocycles. The van der Waals surface area contributed by atoms with Gasteiger partial charge in [0.15, 0.2) is 0 Å². The number of hydrogen-bond acceptors (Lipinski definition) is 4. The first-order valence-electron chi connectivity index (χ1n) is 8.00. The van der Waals surface area contributed by atoms with Crippen molar-refractivity contribution in [2.24, 2.45) is 11.7 Å². The van der Waals surface area contributed by atoms with Crippen molar-refractivity contribution in [1.82, 2.24) is 14.7 Å². The number of hydrogen-bond donors (Lipinski definition) is 1. The molecule has 0 saturated carbocycles. The van der Waals surface area contributed by atoms with Crippen molar-refractivity contribution in [3.05, 3.63) is 0 Å². The molecule has 2 heterocycles. The van der Waals surface area contributed by atoms with Crippen LogP contribution >= 0.6 is 0 Å². The fraction of sp³-hybridized carbons (Fsp3) is 1.00. The highest BCUT2D eigenvalue weighted by Crippen LogP contribution is 2.23. The molecule has 0 aromatic rings. The Balaban J connectivity index is 1.71. The van der Waals surface area contributed by atoms with Gasteiger partial charge in [-0.25, -0.2) is 0 Å². The first-order valence-corrected chi connectivity index (χ1v) is 8.00. The van der Waals surface area contributed by atoms with Crippen molar-refractivity contribution in [1.29, 1.82) is 0 Å². The average Bonchev–Trinajstić information content (AvgIpc) is 2.87. The molecule has 0 amide bonds. The number of piperidine rings is 1. The summed E-state index contributed by atoms with van der Waals surface area (Å²) < 4.78 is 0. The standard InChI is InChI=1S/C15H32N4/c1-17(2)7-4-9-18-8-3-5-15(13-18)19-10-6-14(11-16)12-19/h14-15H,3-13,16H2,1-2H3. The minimum absolute atomic E-state index is 0.754. The van der Waals surface area contributed by atoms with E-state index in [1.807, 2.05) is 0 Å². The zero-order valence-corrected chi connectivity index (χ0v) is 12.9. The number of nitrogens with zero attached hydrogens (tertiary/aromatic N) is 3. The van der Waals surface area contributed by atoms with Crippen molar-refractivity contribution in [2.75, 3.05) is 59.9 Å². The Bertz CT molecular complexity index is 257. The lowest BCUT2D eigenvalue weighted by Gasteiger charge is -2.38. The molecule has 0 bridgehead atoms. The molecule has 2 rings (SSSR count). The highest BCUT2D eigenvalue weighted by atomic mass is 15.2. The molecule has 4 heteroatoms. The van der Waals surface area contributed by atoms with Gasteiger partial charge < -0.3 is 15.5 Å². The summed E-state index contributed by atoms with van der Waals surface area (Å²) in [6, 6.07) is 0.796. The molecule has 2 atom stereocenters. The van der Waals surface area contributed by atoms with Gasteiger partial charge in [0.1, 0.15) is 0 Å². The van der Waals surface area contributed by atoms with Gasteiger partial charge in [0.2, 0.25) is 0 Å². The summed E-state index contributed by atoms with van der Waals surface area (Å²) in [6.07, 6.45) is 5.37. The molecule has 4 nitrogen and oxygen atoms in total. The number of likely N-dealkylation sites (tertiary alicyclic amines) is 2. The second-order valence-electron chi connectivity index (χ2n) is 6.64. The van der Waals surface area contributed by atoms with Crippen LogP contribution in [0.25, 0.3) is 0 Å². The summed E-state index contributed by atoms with van der Waals surface area (Å²) in [5.74, 6) is 0.754. The predicted octanol–water partition coefficient (Wildman–Crippen LogP) is 0.683. The van der Waals surface area contributed by atoms with E-state index in [1.165, 1.54) is 65.0 Å². The van der Waals surface area contributed by atoms with Crippen molar-refractivity contribution >= 4 is 0 Å². The molecule has 0 spiro atoms. The molecule has 2 N–H and O–H groups in total. The second-order valence-corrected chi connectivity index (χ2v) is 6.64. The monoisotopic (exact) mass is 268 g/mol. The summed E-state index contributed by atoms with van der Waals surface area (Å²) in [4.78, 5) is 7.66. The largest absolute Gasteiger partial charge is 0.330 e. The maximum atomic E-state index is 5.81. The Morgan fingerprint density at radius 1 is 1.16 bits per heavy atom. The minimum atomic E-state index is 0.754. The van der Waals surface area contributed by atoms with Gasteiger partial charge in [0, 0.05) is 19.1 Å². The van der Waals surface area contributed by atoms with Crippen LogP contribution in [0.5, 0.6) is 0 Å². The molecular formula is C15H32N4. The normalized spacial score (nSPS) is 30.3. The van der Waals surface area contributed by atoms with Crippen LogP contribution in [-0.4, -0.2) is 80.7 Å². The maximum Gasteiger partial charge on any atom is 0.0223 e. The summed E-state index contributed by atoms with van der Waals surface area (Å²) in [5, 5.41) is 0. The van der Waals surface area contributed by atoms with Crippen LogP contribution < -0.4 is 5.73 Å². The van der Waals surface area contributed by atoms with Crippen LogP contribution in [0.3, 0.4) is 0 Å². The van der Waals surface area contributed by atoms with Gasteiger partial charge in [-0.2, -0.15) is 0 Å².